The minimum absolute atomic E-state index is 1.40. The molecule has 0 aliphatic rings. The molecule has 0 aliphatic heterocycles. The fourth-order valence-corrected chi connectivity index (χ4v) is 8.14. The average molecular weight is 197 g/mol. The fourth-order valence-electron chi connectivity index (χ4n) is 1.97. The molecule has 0 rings (SSSR count). The second kappa shape index (κ2) is 3.98. The van der Waals surface area contributed by atoms with Gasteiger partial charge >= 0.3 is 72.6 Å². The first-order valence-electron chi connectivity index (χ1n) is 4.82. The van der Waals surface area contributed by atoms with Gasteiger partial charge in [0.25, 0.3) is 0 Å². The maximum atomic E-state index is 3.71. The molecule has 0 aromatic rings. The molecule has 0 spiro atoms. The van der Waals surface area contributed by atoms with Crippen LogP contribution in [0.25, 0.3) is 0 Å². The topological polar surface area (TPSA) is 12.0 Å². The predicted molar refractivity (Wildman–Crippen MR) is 51.0 cm³/mol. The average Bonchev–Trinajstić information content (AvgIpc) is 2.12. The van der Waals surface area contributed by atoms with Gasteiger partial charge in [0, 0.05) is 0 Å². The first-order chi connectivity index (χ1) is 5.12. The van der Waals surface area contributed by atoms with E-state index in [9.17, 15) is 0 Å². The summed E-state index contributed by atoms with van der Waals surface area (Å²) < 4.78 is 3.71. The van der Waals surface area contributed by atoms with Gasteiger partial charge in [-0.15, -0.1) is 0 Å². The van der Waals surface area contributed by atoms with Gasteiger partial charge in [-0.3, -0.25) is 0 Å². The normalized spacial score (nSPS) is 15.9. The molecule has 2 heteroatoms. The van der Waals surface area contributed by atoms with Gasteiger partial charge < -0.3 is 0 Å². The van der Waals surface area contributed by atoms with Crippen molar-refractivity contribution >= 4 is 0 Å². The van der Waals surface area contributed by atoms with Crippen LogP contribution in [0.2, 0.25) is 20.5 Å². The van der Waals surface area contributed by atoms with E-state index in [-0.39, 0.29) is 0 Å². The van der Waals surface area contributed by atoms with Crippen molar-refractivity contribution in [2.24, 2.45) is 0 Å². The van der Waals surface area contributed by atoms with Crippen molar-refractivity contribution in [3.8, 4) is 0 Å². The number of hydrogen-bond acceptors (Lipinski definition) is 1. The monoisotopic (exact) mass is 197 g/mol. The zero-order valence-electron chi connectivity index (χ0n) is 8.78. The second-order valence-corrected chi connectivity index (χ2v) is 14.3. The van der Waals surface area contributed by atoms with E-state index in [0.717, 1.165) is 0 Å². The Morgan fingerprint density at radius 1 is 0.818 bits per heavy atom. The van der Waals surface area contributed by atoms with Crippen LogP contribution in [0.4, 0.5) is 0 Å². The summed E-state index contributed by atoms with van der Waals surface area (Å²) in [6.07, 6.45) is 0. The van der Waals surface area contributed by atoms with Crippen molar-refractivity contribution in [3.05, 3.63) is 0 Å². The number of rotatable bonds is 5. The van der Waals surface area contributed by atoms with Crippen LogP contribution in [0.15, 0.2) is 0 Å². The summed E-state index contributed by atoms with van der Waals surface area (Å²) in [5.74, 6) is 0. The molecule has 0 saturated heterocycles. The fraction of sp³-hybridized carbons (Fsp3) is 1.00. The first-order valence-corrected chi connectivity index (χ1v) is 9.47. The molecule has 0 heterocycles. The van der Waals surface area contributed by atoms with E-state index < -0.39 is 13.1 Å². The Balaban J connectivity index is 4.67. The molecule has 1 N–H and O–H groups in total. The molecular formula is C9H24NV. The Morgan fingerprint density at radius 2 is 1.09 bits per heavy atom. The van der Waals surface area contributed by atoms with Crippen LogP contribution in [0, 0.1) is 0 Å². The Bertz CT molecular complexity index is 81.9. The van der Waals surface area contributed by atoms with Crippen LogP contribution in [0.1, 0.15) is 27.7 Å². The van der Waals surface area contributed by atoms with Crippen molar-refractivity contribution in [1.82, 2.24) is 4.17 Å². The summed E-state index contributed by atoms with van der Waals surface area (Å²) in [5, 5.41) is 5.61. The standard InChI is InChI=1S/4C2H5.CH4N.V/c5*1-2;/h4*1H2,2H3;2H,1H3;/q;;;;-1;+1. The SMILES string of the molecule is C[CH2][V]([CH2]C)([CH2]C)([CH2]C)[NH]C. The molecule has 0 radical (unpaired) electrons. The van der Waals surface area contributed by atoms with E-state index >= 15 is 0 Å². The van der Waals surface area contributed by atoms with Crippen LogP contribution in [0.3, 0.4) is 0 Å². The summed E-state index contributed by atoms with van der Waals surface area (Å²) in [4.78, 5) is 0. The van der Waals surface area contributed by atoms with Crippen molar-refractivity contribution in [2.75, 3.05) is 7.05 Å². The number of nitrogens with one attached hydrogen (secondary N) is 1. The Kier molecular flexibility index (Phi) is 4.17. The first kappa shape index (κ1) is 11.5. The molecule has 0 saturated carbocycles. The summed E-state index contributed by atoms with van der Waals surface area (Å²) in [6.45, 7) is 9.44. The van der Waals surface area contributed by atoms with Crippen LogP contribution >= 0.6 is 0 Å². The van der Waals surface area contributed by atoms with Crippen molar-refractivity contribution < 1.29 is 13.1 Å². The van der Waals surface area contributed by atoms with Gasteiger partial charge in [-0.2, -0.15) is 0 Å². The summed E-state index contributed by atoms with van der Waals surface area (Å²) in [6, 6.07) is 0. The number of hydrogen-bond donors (Lipinski definition) is 1. The van der Waals surface area contributed by atoms with Gasteiger partial charge in [0.1, 0.15) is 0 Å². The molecule has 0 bridgehead atoms. The van der Waals surface area contributed by atoms with Gasteiger partial charge in [-0.1, -0.05) is 0 Å². The molecule has 0 aromatic heterocycles. The molecule has 0 aromatic carbocycles. The molecule has 0 aliphatic carbocycles. The third-order valence-corrected chi connectivity index (χ3v) is 16.3. The van der Waals surface area contributed by atoms with E-state index in [4.69, 9.17) is 0 Å². The second-order valence-electron chi connectivity index (χ2n) is 3.46. The minimum atomic E-state index is -1.97. The summed E-state index contributed by atoms with van der Waals surface area (Å²) in [7, 11) is 2.17. The Hall–Kier alpha value is 0.544. The summed E-state index contributed by atoms with van der Waals surface area (Å²) in [5.41, 5.74) is 0. The maximum absolute atomic E-state index is 3.71. The Morgan fingerprint density at radius 3 is 1.09 bits per heavy atom. The van der Waals surface area contributed by atoms with Gasteiger partial charge in [0.2, 0.25) is 0 Å². The van der Waals surface area contributed by atoms with Crippen molar-refractivity contribution in [3.63, 3.8) is 0 Å². The Labute approximate surface area is 72.9 Å². The summed E-state index contributed by atoms with van der Waals surface area (Å²) >= 11 is -1.97. The van der Waals surface area contributed by atoms with Crippen molar-refractivity contribution in [1.29, 1.82) is 0 Å². The van der Waals surface area contributed by atoms with Crippen LogP contribution in [-0.4, -0.2) is 7.05 Å². The molecule has 0 atom stereocenters. The van der Waals surface area contributed by atoms with E-state index in [2.05, 4.69) is 38.9 Å². The zero-order chi connectivity index (χ0) is 8.98. The van der Waals surface area contributed by atoms with Crippen LogP contribution in [-0.2, 0) is 13.1 Å². The molecule has 0 unspecified atom stereocenters. The zero-order valence-corrected chi connectivity index (χ0v) is 10.2. The van der Waals surface area contributed by atoms with E-state index in [1.165, 1.54) is 20.5 Å². The predicted octanol–water partition coefficient (Wildman–Crippen LogP) is 3.56. The quantitative estimate of drug-likeness (QED) is 0.710. The van der Waals surface area contributed by atoms with Crippen LogP contribution in [0.5, 0.6) is 0 Å². The van der Waals surface area contributed by atoms with Gasteiger partial charge in [0.15, 0.2) is 0 Å². The van der Waals surface area contributed by atoms with Gasteiger partial charge in [0.05, 0.1) is 0 Å². The molecule has 0 amide bonds. The van der Waals surface area contributed by atoms with E-state index in [1.54, 1.807) is 0 Å². The van der Waals surface area contributed by atoms with E-state index in [0.29, 0.717) is 0 Å². The van der Waals surface area contributed by atoms with Gasteiger partial charge in [-0.05, 0) is 0 Å². The van der Waals surface area contributed by atoms with Gasteiger partial charge in [-0.25, -0.2) is 0 Å². The van der Waals surface area contributed by atoms with Crippen molar-refractivity contribution in [2.45, 2.75) is 48.2 Å². The third kappa shape index (κ3) is 1.82. The molecule has 70 valence electrons. The van der Waals surface area contributed by atoms with Crippen LogP contribution < -0.4 is 4.17 Å². The molecule has 1 nitrogen and oxygen atoms in total. The molecular weight excluding hydrogens is 173 g/mol. The van der Waals surface area contributed by atoms with E-state index in [1.807, 2.05) is 0 Å². The third-order valence-electron chi connectivity index (χ3n) is 3.95. The molecule has 11 heavy (non-hydrogen) atoms. The molecule has 0 fully saturated rings.